The van der Waals surface area contributed by atoms with E-state index in [1.165, 1.54) is 11.6 Å². The monoisotopic (exact) mass is 411 g/mol. The first kappa shape index (κ1) is 20.8. The zero-order valence-corrected chi connectivity index (χ0v) is 16.7. The number of aliphatic carboxylic acids is 1. The second kappa shape index (κ2) is 8.19. The first-order valence-electron chi connectivity index (χ1n) is 9.11. The number of aromatic nitrogens is 4. The van der Waals surface area contributed by atoms with Crippen molar-refractivity contribution in [2.45, 2.75) is 12.8 Å². The lowest BCUT2D eigenvalue weighted by Gasteiger charge is -2.05. The van der Waals surface area contributed by atoms with Crippen molar-refractivity contribution in [3.63, 3.8) is 0 Å². The van der Waals surface area contributed by atoms with Crippen molar-refractivity contribution in [2.24, 2.45) is 21.1 Å². The number of imidazole rings is 1. The van der Waals surface area contributed by atoms with E-state index in [1.54, 1.807) is 49.0 Å². The molecule has 0 atom stereocenters. The van der Waals surface area contributed by atoms with Gasteiger partial charge in [-0.25, -0.2) is 9.78 Å². The third-order valence-corrected chi connectivity index (χ3v) is 4.67. The fourth-order valence-corrected chi connectivity index (χ4v) is 3.02. The number of anilines is 1. The highest BCUT2D eigenvalue weighted by Gasteiger charge is 2.15. The van der Waals surface area contributed by atoms with E-state index < -0.39 is 17.2 Å². The van der Waals surface area contributed by atoms with E-state index in [-0.39, 0.29) is 18.7 Å². The smallest absolute Gasteiger partial charge is 0.332 e. The average molecular weight is 411 g/mol. The van der Waals surface area contributed by atoms with Gasteiger partial charge in [-0.05, 0) is 23.8 Å². The quantitative estimate of drug-likeness (QED) is 0.621. The third-order valence-electron chi connectivity index (χ3n) is 4.67. The number of carboxylic acid groups (broad SMARTS) is 1. The maximum absolute atomic E-state index is 12.4. The van der Waals surface area contributed by atoms with E-state index in [0.29, 0.717) is 22.7 Å². The summed E-state index contributed by atoms with van der Waals surface area (Å²) in [7, 11) is 4.67. The minimum absolute atomic E-state index is 0.108. The van der Waals surface area contributed by atoms with Crippen LogP contribution in [0.25, 0.3) is 23.3 Å². The molecular formula is C20H21N5O5. The molecule has 3 aromatic rings. The molecule has 0 fully saturated rings. The standard InChI is InChI=1S/C20H21N5O5/c1-23-14(22-18-17(23)19(29)25(3)20(30)24(18)2)8-7-12-5-4-6-13(11-12)21-15(26)9-10-16(27)28/h4-8,11H,9-10H2,1-3H3,(H,21,26)(H,27,28)/b8-7+. The Bertz CT molecular complexity index is 1300. The number of carboxylic acids is 1. The fraction of sp³-hybridized carbons (Fsp3) is 0.250. The summed E-state index contributed by atoms with van der Waals surface area (Å²) < 4.78 is 3.97. The number of carbonyl (C=O) groups excluding carboxylic acids is 1. The second-order valence-corrected chi connectivity index (χ2v) is 6.81. The Kier molecular flexibility index (Phi) is 5.67. The highest BCUT2D eigenvalue weighted by Crippen LogP contribution is 2.16. The summed E-state index contributed by atoms with van der Waals surface area (Å²) in [6.45, 7) is 0. The Morgan fingerprint density at radius 2 is 1.80 bits per heavy atom. The summed E-state index contributed by atoms with van der Waals surface area (Å²) in [5, 5.41) is 11.3. The normalized spacial score (nSPS) is 11.3. The van der Waals surface area contributed by atoms with E-state index in [4.69, 9.17) is 5.11 Å². The third kappa shape index (κ3) is 4.07. The van der Waals surface area contributed by atoms with Gasteiger partial charge in [0.2, 0.25) is 5.91 Å². The SMILES string of the molecule is Cn1c(=O)c2c(nc(/C=C/c3cccc(NC(=O)CCC(=O)O)c3)n2C)n(C)c1=O. The molecule has 0 radical (unpaired) electrons. The van der Waals surface area contributed by atoms with Crippen LogP contribution >= 0.6 is 0 Å². The van der Waals surface area contributed by atoms with E-state index >= 15 is 0 Å². The van der Waals surface area contributed by atoms with Gasteiger partial charge in [-0.3, -0.25) is 23.5 Å². The molecule has 0 saturated heterocycles. The molecule has 0 aliphatic carbocycles. The highest BCUT2D eigenvalue weighted by atomic mass is 16.4. The van der Waals surface area contributed by atoms with Crippen molar-refractivity contribution in [2.75, 3.05) is 5.32 Å². The van der Waals surface area contributed by atoms with Crippen molar-refractivity contribution in [3.8, 4) is 0 Å². The van der Waals surface area contributed by atoms with Crippen molar-refractivity contribution < 1.29 is 14.7 Å². The van der Waals surface area contributed by atoms with Crippen LogP contribution in [0.2, 0.25) is 0 Å². The van der Waals surface area contributed by atoms with Gasteiger partial charge in [0, 0.05) is 33.3 Å². The summed E-state index contributed by atoms with van der Waals surface area (Å²) in [4.78, 5) is 51.3. The number of hydrogen-bond acceptors (Lipinski definition) is 5. The summed E-state index contributed by atoms with van der Waals surface area (Å²) in [6.07, 6.45) is 3.12. The van der Waals surface area contributed by atoms with Gasteiger partial charge in [-0.2, -0.15) is 0 Å². The summed E-state index contributed by atoms with van der Waals surface area (Å²) in [5.74, 6) is -0.929. The molecule has 3 rings (SSSR count). The molecule has 0 saturated carbocycles. The van der Waals surface area contributed by atoms with Crippen molar-refractivity contribution in [3.05, 3.63) is 56.5 Å². The molecule has 2 N–H and O–H groups in total. The Morgan fingerprint density at radius 3 is 2.50 bits per heavy atom. The van der Waals surface area contributed by atoms with Crippen molar-refractivity contribution in [1.29, 1.82) is 0 Å². The predicted molar refractivity (Wildman–Crippen MR) is 112 cm³/mol. The van der Waals surface area contributed by atoms with Gasteiger partial charge in [0.05, 0.1) is 6.42 Å². The molecular weight excluding hydrogens is 390 g/mol. The van der Waals surface area contributed by atoms with Gasteiger partial charge >= 0.3 is 11.7 Å². The van der Waals surface area contributed by atoms with Crippen molar-refractivity contribution in [1.82, 2.24) is 18.7 Å². The summed E-state index contributed by atoms with van der Waals surface area (Å²) in [5.41, 5.74) is 1.04. The number of benzene rings is 1. The Labute approximate surface area is 170 Å². The van der Waals surface area contributed by atoms with Gasteiger partial charge in [0.1, 0.15) is 5.82 Å². The number of nitrogens with one attached hydrogen (secondary N) is 1. The molecule has 2 heterocycles. The fourth-order valence-electron chi connectivity index (χ4n) is 3.02. The van der Waals surface area contributed by atoms with Crippen LogP contribution < -0.4 is 16.6 Å². The Hall–Kier alpha value is -3.95. The number of rotatable bonds is 6. The van der Waals surface area contributed by atoms with E-state index in [0.717, 1.165) is 10.1 Å². The van der Waals surface area contributed by atoms with Crippen LogP contribution in [0.5, 0.6) is 0 Å². The largest absolute Gasteiger partial charge is 0.481 e. The van der Waals surface area contributed by atoms with Gasteiger partial charge < -0.3 is 15.0 Å². The summed E-state index contributed by atoms with van der Waals surface area (Å²) >= 11 is 0. The maximum atomic E-state index is 12.4. The lowest BCUT2D eigenvalue weighted by atomic mass is 10.2. The molecule has 30 heavy (non-hydrogen) atoms. The molecule has 156 valence electrons. The van der Waals surface area contributed by atoms with Gasteiger partial charge in [0.15, 0.2) is 11.2 Å². The van der Waals surface area contributed by atoms with Crippen LogP contribution in [0.4, 0.5) is 5.69 Å². The molecule has 0 spiro atoms. The highest BCUT2D eigenvalue weighted by molar-refractivity contribution is 5.92. The molecule has 1 aromatic carbocycles. The van der Waals surface area contributed by atoms with Crippen LogP contribution in [0.3, 0.4) is 0 Å². The second-order valence-electron chi connectivity index (χ2n) is 6.81. The number of fused-ring (bicyclic) bond motifs is 1. The van der Waals surface area contributed by atoms with Crippen LogP contribution in [0.15, 0.2) is 33.9 Å². The topological polar surface area (TPSA) is 128 Å². The number of nitrogens with zero attached hydrogens (tertiary/aromatic N) is 4. The summed E-state index contributed by atoms with van der Waals surface area (Å²) in [6, 6.07) is 7.00. The number of hydrogen-bond donors (Lipinski definition) is 2. The Morgan fingerprint density at radius 1 is 1.07 bits per heavy atom. The van der Waals surface area contributed by atoms with Crippen molar-refractivity contribution >= 4 is 40.9 Å². The predicted octanol–water partition coefficient (Wildman–Crippen LogP) is 0.944. The van der Waals surface area contributed by atoms with Crippen LogP contribution in [-0.4, -0.2) is 35.7 Å². The molecule has 0 bridgehead atoms. The lowest BCUT2D eigenvalue weighted by Crippen LogP contribution is -2.37. The molecule has 2 aromatic heterocycles. The van der Waals surface area contributed by atoms with Crippen LogP contribution in [0.1, 0.15) is 24.2 Å². The van der Waals surface area contributed by atoms with Gasteiger partial charge in [0.25, 0.3) is 5.56 Å². The zero-order valence-electron chi connectivity index (χ0n) is 16.7. The van der Waals surface area contributed by atoms with E-state index in [9.17, 15) is 19.2 Å². The molecule has 10 nitrogen and oxygen atoms in total. The number of carbonyl (C=O) groups is 2. The molecule has 0 unspecified atom stereocenters. The minimum atomic E-state index is -1.03. The maximum Gasteiger partial charge on any atom is 0.332 e. The molecule has 10 heteroatoms. The minimum Gasteiger partial charge on any atom is -0.481 e. The van der Waals surface area contributed by atoms with Crippen LogP contribution in [-0.2, 0) is 30.7 Å². The average Bonchev–Trinajstić information content (AvgIpc) is 3.04. The molecule has 1 amide bonds. The van der Waals surface area contributed by atoms with E-state index in [2.05, 4.69) is 10.3 Å². The number of amides is 1. The van der Waals surface area contributed by atoms with Gasteiger partial charge in [-0.15, -0.1) is 0 Å². The first-order valence-corrected chi connectivity index (χ1v) is 9.11. The lowest BCUT2D eigenvalue weighted by molar-refractivity contribution is -0.138. The Balaban J connectivity index is 1.88. The van der Waals surface area contributed by atoms with Gasteiger partial charge in [-0.1, -0.05) is 18.2 Å². The van der Waals surface area contributed by atoms with E-state index in [1.807, 2.05) is 6.07 Å². The number of aryl methyl sites for hydroxylation is 2. The first-order chi connectivity index (χ1) is 14.2. The molecule has 0 aliphatic rings. The zero-order chi connectivity index (χ0) is 22.0. The molecule has 0 aliphatic heterocycles. The van der Waals surface area contributed by atoms with Crippen LogP contribution in [0, 0.1) is 0 Å².